The molecule has 0 fully saturated rings. The standard InChI is InChI=1S/C12H17N3O2/c1-4-6-7-13-9-11-10(8-14-15(11)3)12(16)17-5-2/h8,13H,5,7,9H2,1-3H3. The van der Waals surface area contributed by atoms with Gasteiger partial charge in [0.25, 0.3) is 0 Å². The molecule has 1 aromatic rings. The summed E-state index contributed by atoms with van der Waals surface area (Å²) in [4.78, 5) is 11.6. The molecule has 0 amide bonds. The molecule has 1 heterocycles. The van der Waals surface area contributed by atoms with Crippen LogP contribution in [-0.4, -0.2) is 28.9 Å². The van der Waals surface area contributed by atoms with E-state index in [1.54, 1.807) is 25.6 Å². The smallest absolute Gasteiger partial charge is 0.341 e. The molecule has 1 aromatic heterocycles. The van der Waals surface area contributed by atoms with Crippen molar-refractivity contribution < 1.29 is 9.53 Å². The molecular weight excluding hydrogens is 218 g/mol. The summed E-state index contributed by atoms with van der Waals surface area (Å²) in [7, 11) is 1.80. The summed E-state index contributed by atoms with van der Waals surface area (Å²) in [5.74, 6) is 5.36. The summed E-state index contributed by atoms with van der Waals surface area (Å²) in [6.07, 6.45) is 1.53. The maximum Gasteiger partial charge on any atom is 0.341 e. The minimum absolute atomic E-state index is 0.334. The van der Waals surface area contributed by atoms with Crippen LogP contribution in [0.1, 0.15) is 29.9 Å². The number of nitrogens with zero attached hydrogens (tertiary/aromatic N) is 2. The van der Waals surface area contributed by atoms with Gasteiger partial charge in [0.1, 0.15) is 5.56 Å². The second kappa shape index (κ2) is 6.71. The van der Waals surface area contributed by atoms with Crippen LogP contribution in [0.25, 0.3) is 0 Å². The van der Waals surface area contributed by atoms with E-state index in [1.165, 1.54) is 6.20 Å². The number of hydrogen-bond acceptors (Lipinski definition) is 4. The van der Waals surface area contributed by atoms with Gasteiger partial charge in [-0.2, -0.15) is 5.10 Å². The van der Waals surface area contributed by atoms with Crippen LogP contribution in [0.5, 0.6) is 0 Å². The average Bonchev–Trinajstić information content (AvgIpc) is 2.67. The zero-order valence-electron chi connectivity index (χ0n) is 10.4. The SMILES string of the molecule is CC#CCNCc1c(C(=O)OCC)cnn1C. The van der Waals surface area contributed by atoms with Crippen molar-refractivity contribution in [3.63, 3.8) is 0 Å². The summed E-state index contributed by atoms with van der Waals surface area (Å²) in [6.45, 7) is 5.06. The molecule has 1 N–H and O–H groups in total. The molecular formula is C12H17N3O2. The van der Waals surface area contributed by atoms with Gasteiger partial charge in [0.15, 0.2) is 0 Å². The minimum atomic E-state index is -0.334. The number of nitrogens with one attached hydrogen (secondary N) is 1. The van der Waals surface area contributed by atoms with E-state index in [4.69, 9.17) is 4.74 Å². The number of aromatic nitrogens is 2. The van der Waals surface area contributed by atoms with Crippen molar-refractivity contribution in [3.8, 4) is 11.8 Å². The van der Waals surface area contributed by atoms with Gasteiger partial charge in [-0.25, -0.2) is 4.79 Å². The predicted octanol–water partition coefficient (Wildman–Crippen LogP) is 0.710. The van der Waals surface area contributed by atoms with Crippen LogP contribution in [0, 0.1) is 11.8 Å². The highest BCUT2D eigenvalue weighted by atomic mass is 16.5. The number of aryl methyl sites for hydroxylation is 1. The molecule has 0 spiro atoms. The van der Waals surface area contributed by atoms with E-state index in [9.17, 15) is 4.79 Å². The Balaban J connectivity index is 2.71. The maximum atomic E-state index is 11.6. The minimum Gasteiger partial charge on any atom is -0.462 e. The summed E-state index contributed by atoms with van der Waals surface area (Å²) >= 11 is 0. The van der Waals surface area contributed by atoms with Gasteiger partial charge in [-0.05, 0) is 13.8 Å². The van der Waals surface area contributed by atoms with Gasteiger partial charge >= 0.3 is 5.97 Å². The highest BCUT2D eigenvalue weighted by molar-refractivity contribution is 5.90. The zero-order valence-corrected chi connectivity index (χ0v) is 10.4. The summed E-state index contributed by atoms with van der Waals surface area (Å²) in [6, 6.07) is 0. The van der Waals surface area contributed by atoms with Crippen LogP contribution < -0.4 is 5.32 Å². The molecule has 0 aliphatic rings. The van der Waals surface area contributed by atoms with Gasteiger partial charge in [-0.3, -0.25) is 4.68 Å². The summed E-state index contributed by atoms with van der Waals surface area (Å²) < 4.78 is 6.63. The molecule has 0 saturated carbocycles. The molecule has 5 heteroatoms. The summed E-state index contributed by atoms with van der Waals surface area (Å²) in [5.41, 5.74) is 1.31. The molecule has 0 aromatic carbocycles. The zero-order chi connectivity index (χ0) is 12.7. The molecule has 5 nitrogen and oxygen atoms in total. The fourth-order valence-corrected chi connectivity index (χ4v) is 1.38. The predicted molar refractivity (Wildman–Crippen MR) is 64.3 cm³/mol. The fraction of sp³-hybridized carbons (Fsp3) is 0.500. The fourth-order valence-electron chi connectivity index (χ4n) is 1.38. The third kappa shape index (κ3) is 3.61. The topological polar surface area (TPSA) is 56.1 Å². The molecule has 92 valence electrons. The lowest BCUT2D eigenvalue weighted by molar-refractivity contribution is 0.0524. The van der Waals surface area contributed by atoms with Crippen LogP contribution in [-0.2, 0) is 18.3 Å². The van der Waals surface area contributed by atoms with Crippen molar-refractivity contribution >= 4 is 5.97 Å². The van der Waals surface area contributed by atoms with Crippen molar-refractivity contribution in [2.75, 3.05) is 13.2 Å². The molecule has 0 radical (unpaired) electrons. The third-order valence-corrected chi connectivity index (χ3v) is 2.24. The number of carbonyl (C=O) groups is 1. The van der Waals surface area contributed by atoms with Crippen LogP contribution in [0.3, 0.4) is 0 Å². The van der Waals surface area contributed by atoms with Gasteiger partial charge < -0.3 is 10.1 Å². The highest BCUT2D eigenvalue weighted by Crippen LogP contribution is 2.08. The Morgan fingerprint density at radius 2 is 2.41 bits per heavy atom. The number of ether oxygens (including phenoxy) is 1. The van der Waals surface area contributed by atoms with Gasteiger partial charge in [0, 0.05) is 13.6 Å². The van der Waals surface area contributed by atoms with Crippen molar-refractivity contribution in [1.82, 2.24) is 15.1 Å². The normalized spacial score (nSPS) is 9.59. The Morgan fingerprint density at radius 3 is 3.06 bits per heavy atom. The Bertz CT molecular complexity index is 440. The van der Waals surface area contributed by atoms with E-state index < -0.39 is 0 Å². The van der Waals surface area contributed by atoms with Gasteiger partial charge in [-0.15, -0.1) is 5.92 Å². The second-order valence-corrected chi connectivity index (χ2v) is 3.38. The van der Waals surface area contributed by atoms with Crippen molar-refractivity contribution in [2.45, 2.75) is 20.4 Å². The lowest BCUT2D eigenvalue weighted by Crippen LogP contribution is -2.18. The van der Waals surface area contributed by atoms with Gasteiger partial charge in [0.2, 0.25) is 0 Å². The maximum absolute atomic E-state index is 11.6. The lowest BCUT2D eigenvalue weighted by Gasteiger charge is -2.05. The lowest BCUT2D eigenvalue weighted by atomic mass is 10.2. The largest absolute Gasteiger partial charge is 0.462 e. The number of carbonyl (C=O) groups excluding carboxylic acids is 1. The first-order valence-electron chi connectivity index (χ1n) is 5.49. The first-order chi connectivity index (χ1) is 8.20. The number of hydrogen-bond donors (Lipinski definition) is 1. The Morgan fingerprint density at radius 1 is 1.65 bits per heavy atom. The molecule has 0 saturated heterocycles. The van der Waals surface area contributed by atoms with Crippen molar-refractivity contribution in [1.29, 1.82) is 0 Å². The second-order valence-electron chi connectivity index (χ2n) is 3.38. The quantitative estimate of drug-likeness (QED) is 0.464. The first kappa shape index (κ1) is 13.3. The van der Waals surface area contributed by atoms with Crippen LogP contribution in [0.2, 0.25) is 0 Å². The molecule has 0 unspecified atom stereocenters. The van der Waals surface area contributed by atoms with Crippen LogP contribution in [0.4, 0.5) is 0 Å². The van der Waals surface area contributed by atoms with E-state index in [-0.39, 0.29) is 5.97 Å². The van der Waals surface area contributed by atoms with E-state index in [2.05, 4.69) is 22.3 Å². The van der Waals surface area contributed by atoms with Crippen LogP contribution in [0.15, 0.2) is 6.20 Å². The number of rotatable bonds is 5. The first-order valence-corrected chi connectivity index (χ1v) is 5.49. The molecule has 0 atom stereocenters. The van der Waals surface area contributed by atoms with E-state index in [0.717, 1.165) is 5.69 Å². The third-order valence-electron chi connectivity index (χ3n) is 2.24. The molecule has 0 aliphatic heterocycles. The Hall–Kier alpha value is -1.80. The van der Waals surface area contributed by atoms with Crippen molar-refractivity contribution in [2.24, 2.45) is 7.05 Å². The van der Waals surface area contributed by atoms with Crippen LogP contribution >= 0.6 is 0 Å². The molecule has 17 heavy (non-hydrogen) atoms. The average molecular weight is 235 g/mol. The highest BCUT2D eigenvalue weighted by Gasteiger charge is 2.16. The van der Waals surface area contributed by atoms with Crippen molar-refractivity contribution in [3.05, 3.63) is 17.5 Å². The molecule has 0 bridgehead atoms. The van der Waals surface area contributed by atoms with E-state index >= 15 is 0 Å². The monoisotopic (exact) mass is 235 g/mol. The summed E-state index contributed by atoms with van der Waals surface area (Å²) in [5, 5.41) is 7.18. The van der Waals surface area contributed by atoms with Gasteiger partial charge in [0.05, 0.1) is 25.0 Å². The number of esters is 1. The Kier molecular flexibility index (Phi) is 5.24. The van der Waals surface area contributed by atoms with Gasteiger partial charge in [-0.1, -0.05) is 5.92 Å². The molecule has 1 rings (SSSR count). The molecule has 0 aliphatic carbocycles. The van der Waals surface area contributed by atoms with E-state index in [1.807, 2.05) is 0 Å². The Labute approximate surface area is 101 Å². The van der Waals surface area contributed by atoms with E-state index in [0.29, 0.717) is 25.3 Å².